The Morgan fingerprint density at radius 1 is 1.17 bits per heavy atom. The Bertz CT molecular complexity index is 486. The van der Waals surface area contributed by atoms with Crippen LogP contribution in [0.15, 0.2) is 35.7 Å². The van der Waals surface area contributed by atoms with Crippen LogP contribution in [0.1, 0.15) is 31.7 Å². The lowest BCUT2D eigenvalue weighted by Gasteiger charge is -2.25. The maximum absolute atomic E-state index is 6.34. The summed E-state index contributed by atoms with van der Waals surface area (Å²) in [6.45, 7) is 4.30. The third-order valence-electron chi connectivity index (χ3n) is 3.53. The molecular weight excluding hydrogens is 240 g/mol. The lowest BCUT2D eigenvalue weighted by molar-refractivity contribution is 0.393. The van der Waals surface area contributed by atoms with Crippen LogP contribution in [-0.2, 0) is 6.42 Å². The molecule has 0 spiro atoms. The van der Waals surface area contributed by atoms with Gasteiger partial charge in [-0.2, -0.15) is 0 Å². The zero-order valence-corrected chi connectivity index (χ0v) is 11.8. The molecule has 1 aromatic carbocycles. The van der Waals surface area contributed by atoms with E-state index in [0.717, 1.165) is 30.0 Å². The number of aromatic nitrogens is 1. The Hall–Kier alpha value is -1.19. The van der Waals surface area contributed by atoms with Crippen molar-refractivity contribution in [3.05, 3.63) is 40.7 Å². The Kier molecular flexibility index (Phi) is 4.15. The minimum Gasteiger partial charge on any atom is -0.325 e. The summed E-state index contributed by atoms with van der Waals surface area (Å²) in [5, 5.41) is 3.26. The van der Waals surface area contributed by atoms with Crippen LogP contribution in [0.3, 0.4) is 0 Å². The molecule has 0 unspecified atom stereocenters. The molecule has 0 aliphatic rings. The van der Waals surface area contributed by atoms with E-state index in [2.05, 4.69) is 31.4 Å². The highest BCUT2D eigenvalue weighted by Crippen LogP contribution is 2.25. The van der Waals surface area contributed by atoms with Gasteiger partial charge < -0.3 is 5.73 Å². The lowest BCUT2D eigenvalue weighted by atomic mass is 9.91. The van der Waals surface area contributed by atoms with Crippen LogP contribution in [0.2, 0.25) is 0 Å². The summed E-state index contributed by atoms with van der Waals surface area (Å²) in [5.41, 5.74) is 8.47. The fourth-order valence-corrected chi connectivity index (χ4v) is 2.89. The first-order valence-electron chi connectivity index (χ1n) is 6.45. The predicted octanol–water partition coefficient (Wildman–Crippen LogP) is 3.87. The van der Waals surface area contributed by atoms with E-state index in [4.69, 9.17) is 10.7 Å². The minimum absolute atomic E-state index is 0.105. The van der Waals surface area contributed by atoms with Crippen molar-refractivity contribution in [3.63, 3.8) is 0 Å². The number of rotatable bonds is 5. The normalized spacial score (nSPS) is 11.7. The van der Waals surface area contributed by atoms with Gasteiger partial charge in [-0.05, 0) is 12.8 Å². The summed E-state index contributed by atoms with van der Waals surface area (Å²) in [7, 11) is 0. The molecule has 96 valence electrons. The molecule has 2 rings (SSSR count). The number of benzene rings is 1. The smallest absolute Gasteiger partial charge is 0.0950 e. The largest absolute Gasteiger partial charge is 0.325 e. The summed E-state index contributed by atoms with van der Waals surface area (Å²) >= 11 is 1.71. The number of hydrogen-bond acceptors (Lipinski definition) is 3. The topological polar surface area (TPSA) is 38.9 Å². The molecule has 2 aromatic rings. The Labute approximate surface area is 113 Å². The van der Waals surface area contributed by atoms with Crippen LogP contribution < -0.4 is 5.73 Å². The third-order valence-corrected chi connectivity index (χ3v) is 4.38. The molecule has 0 saturated heterocycles. The summed E-state index contributed by atoms with van der Waals surface area (Å²) in [6.07, 6.45) is 2.85. The minimum atomic E-state index is -0.105. The van der Waals surface area contributed by atoms with E-state index in [0.29, 0.717) is 0 Å². The molecule has 0 fully saturated rings. The molecule has 3 heteroatoms. The first-order valence-corrected chi connectivity index (χ1v) is 7.33. The molecule has 1 heterocycles. The van der Waals surface area contributed by atoms with Gasteiger partial charge in [-0.1, -0.05) is 44.2 Å². The fraction of sp³-hybridized carbons (Fsp3) is 0.400. The standard InChI is InChI=1S/C15H20N2S/c1-3-15(16,4-2)10-14-17-13(11-18-14)12-8-6-5-7-9-12/h5-9,11H,3-4,10,16H2,1-2H3. The first-order chi connectivity index (χ1) is 8.67. The summed E-state index contributed by atoms with van der Waals surface area (Å²) in [5.74, 6) is 0. The molecule has 2 nitrogen and oxygen atoms in total. The fourth-order valence-electron chi connectivity index (χ4n) is 1.93. The maximum atomic E-state index is 6.34. The molecule has 0 aliphatic carbocycles. The third kappa shape index (κ3) is 2.98. The van der Waals surface area contributed by atoms with Crippen molar-refractivity contribution >= 4 is 11.3 Å². The average Bonchev–Trinajstić information content (AvgIpc) is 2.88. The second-order valence-corrected chi connectivity index (χ2v) is 5.68. The van der Waals surface area contributed by atoms with Crippen molar-refractivity contribution in [2.75, 3.05) is 0 Å². The maximum Gasteiger partial charge on any atom is 0.0950 e. The van der Waals surface area contributed by atoms with Gasteiger partial charge in [0.15, 0.2) is 0 Å². The van der Waals surface area contributed by atoms with Crippen LogP contribution in [0.25, 0.3) is 11.3 Å². The summed E-state index contributed by atoms with van der Waals surface area (Å²) < 4.78 is 0. The second-order valence-electron chi connectivity index (χ2n) is 4.74. The number of nitrogens with zero attached hydrogens (tertiary/aromatic N) is 1. The number of hydrogen-bond donors (Lipinski definition) is 1. The highest BCUT2D eigenvalue weighted by Gasteiger charge is 2.22. The monoisotopic (exact) mass is 260 g/mol. The molecule has 0 radical (unpaired) electrons. The molecule has 0 aliphatic heterocycles. The van der Waals surface area contributed by atoms with E-state index in [-0.39, 0.29) is 5.54 Å². The Morgan fingerprint density at radius 2 is 1.83 bits per heavy atom. The van der Waals surface area contributed by atoms with Crippen molar-refractivity contribution in [2.45, 2.75) is 38.6 Å². The zero-order valence-electron chi connectivity index (χ0n) is 11.0. The van der Waals surface area contributed by atoms with Gasteiger partial charge in [0.05, 0.1) is 10.7 Å². The second kappa shape index (κ2) is 5.63. The number of nitrogens with two attached hydrogens (primary N) is 1. The van der Waals surface area contributed by atoms with Crippen molar-refractivity contribution < 1.29 is 0 Å². The number of thiazole rings is 1. The van der Waals surface area contributed by atoms with Crippen molar-refractivity contribution in [3.8, 4) is 11.3 Å². The Balaban J connectivity index is 2.16. The van der Waals surface area contributed by atoms with Crippen molar-refractivity contribution in [1.29, 1.82) is 0 Å². The van der Waals surface area contributed by atoms with Gasteiger partial charge in [0, 0.05) is 22.9 Å². The zero-order chi connectivity index (χ0) is 13.0. The van der Waals surface area contributed by atoms with Crippen molar-refractivity contribution in [1.82, 2.24) is 4.98 Å². The van der Waals surface area contributed by atoms with E-state index in [1.54, 1.807) is 11.3 Å². The van der Waals surface area contributed by atoms with Crippen molar-refractivity contribution in [2.24, 2.45) is 5.73 Å². The molecule has 0 saturated carbocycles. The molecular formula is C15H20N2S. The molecule has 0 bridgehead atoms. The van der Waals surface area contributed by atoms with Gasteiger partial charge >= 0.3 is 0 Å². The first kappa shape index (κ1) is 13.2. The van der Waals surface area contributed by atoms with Crippen LogP contribution in [-0.4, -0.2) is 10.5 Å². The van der Waals surface area contributed by atoms with Crippen LogP contribution in [0.4, 0.5) is 0 Å². The van der Waals surface area contributed by atoms with Gasteiger partial charge in [-0.15, -0.1) is 11.3 Å². The highest BCUT2D eigenvalue weighted by molar-refractivity contribution is 7.09. The molecule has 2 N–H and O–H groups in total. The average molecular weight is 260 g/mol. The molecule has 1 aromatic heterocycles. The van der Waals surface area contributed by atoms with E-state index in [1.165, 1.54) is 5.56 Å². The predicted molar refractivity (Wildman–Crippen MR) is 78.8 cm³/mol. The van der Waals surface area contributed by atoms with E-state index in [9.17, 15) is 0 Å². The lowest BCUT2D eigenvalue weighted by Crippen LogP contribution is -2.40. The summed E-state index contributed by atoms with van der Waals surface area (Å²) in [4.78, 5) is 4.70. The molecule has 18 heavy (non-hydrogen) atoms. The van der Waals surface area contributed by atoms with Gasteiger partial charge in [0.25, 0.3) is 0 Å². The quantitative estimate of drug-likeness (QED) is 0.886. The Morgan fingerprint density at radius 3 is 2.44 bits per heavy atom. The SMILES string of the molecule is CCC(N)(CC)Cc1nc(-c2ccccc2)cs1. The van der Waals surface area contributed by atoms with Crippen LogP contribution >= 0.6 is 11.3 Å². The van der Waals surface area contributed by atoms with Crippen LogP contribution in [0, 0.1) is 0 Å². The van der Waals surface area contributed by atoms with E-state index < -0.39 is 0 Å². The van der Waals surface area contributed by atoms with Gasteiger partial charge in [0.1, 0.15) is 0 Å². The van der Waals surface area contributed by atoms with E-state index in [1.807, 2.05) is 18.2 Å². The van der Waals surface area contributed by atoms with Gasteiger partial charge in [0.2, 0.25) is 0 Å². The van der Waals surface area contributed by atoms with E-state index >= 15 is 0 Å². The summed E-state index contributed by atoms with van der Waals surface area (Å²) in [6, 6.07) is 10.3. The van der Waals surface area contributed by atoms with Gasteiger partial charge in [-0.25, -0.2) is 4.98 Å². The molecule has 0 atom stereocenters. The highest BCUT2D eigenvalue weighted by atomic mass is 32.1. The van der Waals surface area contributed by atoms with Crippen LogP contribution in [0.5, 0.6) is 0 Å². The van der Waals surface area contributed by atoms with Gasteiger partial charge in [-0.3, -0.25) is 0 Å². The molecule has 0 amide bonds.